The number of pyridine rings is 1. The molecule has 7 nitrogen and oxygen atoms in total. The van der Waals surface area contributed by atoms with Crippen molar-refractivity contribution in [2.45, 2.75) is 45.1 Å². The Kier molecular flexibility index (Phi) is 5.40. The maximum absolute atomic E-state index is 12.7. The fourth-order valence-corrected chi connectivity index (χ4v) is 5.00. The van der Waals surface area contributed by atoms with E-state index in [9.17, 15) is 13.2 Å². The van der Waals surface area contributed by atoms with E-state index in [1.807, 2.05) is 24.6 Å². The average molecular weight is 464 g/mol. The maximum atomic E-state index is 12.7. The van der Waals surface area contributed by atoms with Crippen LogP contribution in [0.3, 0.4) is 0 Å². The first-order valence-electron chi connectivity index (χ1n) is 11.2. The van der Waals surface area contributed by atoms with Gasteiger partial charge in [-0.15, -0.1) is 13.2 Å². The zero-order valence-corrected chi connectivity index (χ0v) is 18.9. The highest BCUT2D eigenvalue weighted by atomic mass is 19.4. The maximum Gasteiger partial charge on any atom is 0.573 e. The Morgan fingerprint density at radius 3 is 2.64 bits per heavy atom. The van der Waals surface area contributed by atoms with Crippen LogP contribution in [0.1, 0.15) is 38.4 Å². The predicted molar refractivity (Wildman–Crippen MR) is 117 cm³/mol. The molecule has 1 saturated heterocycles. The summed E-state index contributed by atoms with van der Waals surface area (Å²) in [7, 11) is 2.19. The van der Waals surface area contributed by atoms with Crippen molar-refractivity contribution < 1.29 is 22.6 Å². The fourth-order valence-electron chi connectivity index (χ4n) is 5.00. The van der Waals surface area contributed by atoms with Crippen LogP contribution in [0, 0.1) is 11.8 Å². The van der Waals surface area contributed by atoms with E-state index < -0.39 is 12.1 Å². The number of anilines is 1. The third-order valence-corrected chi connectivity index (χ3v) is 6.78. The molecule has 10 heteroatoms. The Labute approximate surface area is 190 Å². The van der Waals surface area contributed by atoms with Crippen molar-refractivity contribution in [1.82, 2.24) is 19.7 Å². The highest BCUT2D eigenvalue weighted by Crippen LogP contribution is 2.58. The molecule has 0 spiro atoms. The highest BCUT2D eigenvalue weighted by molar-refractivity contribution is 5.87. The molecule has 3 heterocycles. The van der Waals surface area contributed by atoms with E-state index in [4.69, 9.17) is 10.5 Å². The molecule has 2 aromatic rings. The van der Waals surface area contributed by atoms with Gasteiger partial charge < -0.3 is 20.1 Å². The van der Waals surface area contributed by atoms with Crippen molar-refractivity contribution >= 4 is 11.4 Å². The van der Waals surface area contributed by atoms with E-state index in [0.29, 0.717) is 29.1 Å². The summed E-state index contributed by atoms with van der Waals surface area (Å²) in [5, 5.41) is 4.69. The molecular weight excluding hydrogens is 435 g/mol. The molecule has 33 heavy (non-hydrogen) atoms. The molecule has 178 valence electrons. The lowest BCUT2D eigenvalue weighted by Crippen LogP contribution is -2.41. The Morgan fingerprint density at radius 2 is 2.06 bits per heavy atom. The first-order valence-corrected chi connectivity index (χ1v) is 11.2. The molecule has 1 saturated carbocycles. The van der Waals surface area contributed by atoms with Crippen LogP contribution in [-0.4, -0.2) is 58.9 Å². The van der Waals surface area contributed by atoms with E-state index in [1.165, 1.54) is 23.4 Å². The van der Waals surface area contributed by atoms with E-state index >= 15 is 0 Å². The number of nitrogen functional groups attached to an aromatic ring is 1. The molecular formula is C23H28F3N5O2. The topological polar surface area (TPSA) is 78.4 Å². The number of hydrogen-bond acceptors (Lipinski definition) is 6. The lowest BCUT2D eigenvalue weighted by atomic mass is 10.0. The number of hydrogen-bond donors (Lipinski definition) is 1. The minimum Gasteiger partial charge on any atom is -0.402 e. The summed E-state index contributed by atoms with van der Waals surface area (Å²) in [4.78, 5) is 6.34. The average Bonchev–Trinajstić information content (AvgIpc) is 3.07. The van der Waals surface area contributed by atoms with E-state index in [2.05, 4.69) is 26.8 Å². The van der Waals surface area contributed by atoms with E-state index in [0.717, 1.165) is 38.3 Å². The molecule has 0 bridgehead atoms. The van der Waals surface area contributed by atoms with Crippen LogP contribution in [0.4, 0.5) is 19.0 Å². The summed E-state index contributed by atoms with van der Waals surface area (Å²) >= 11 is 0. The molecule has 0 amide bonds. The zero-order chi connectivity index (χ0) is 23.5. The minimum absolute atomic E-state index is 0.105. The molecule has 5 rings (SSSR count). The van der Waals surface area contributed by atoms with Crippen LogP contribution in [0.5, 0.6) is 5.75 Å². The number of ether oxygens (including phenoxy) is 2. The number of fused-ring (bicyclic) bond motifs is 1. The zero-order valence-electron chi connectivity index (χ0n) is 18.9. The third kappa shape index (κ3) is 4.33. The van der Waals surface area contributed by atoms with Gasteiger partial charge in [0.05, 0.1) is 24.6 Å². The molecule has 2 atom stereocenters. The second-order valence-corrected chi connectivity index (χ2v) is 9.54. The van der Waals surface area contributed by atoms with Gasteiger partial charge in [0.2, 0.25) is 0 Å². The van der Waals surface area contributed by atoms with Gasteiger partial charge in [-0.2, -0.15) is 5.10 Å². The van der Waals surface area contributed by atoms with Gasteiger partial charge in [0, 0.05) is 42.2 Å². The van der Waals surface area contributed by atoms with Crippen molar-refractivity contribution in [2.75, 3.05) is 32.5 Å². The smallest absolute Gasteiger partial charge is 0.402 e. The normalized spacial score (nSPS) is 22.8. The molecule has 0 aromatic carbocycles. The van der Waals surface area contributed by atoms with Crippen molar-refractivity contribution in [2.24, 2.45) is 11.8 Å². The molecule has 2 N–H and O–H groups in total. The van der Waals surface area contributed by atoms with Crippen molar-refractivity contribution in [3.05, 3.63) is 29.6 Å². The number of aromatic nitrogens is 3. The molecule has 2 fully saturated rings. The predicted octanol–water partition coefficient (Wildman–Crippen LogP) is 4.13. The standard InChI is InChI=1S/C23H28F3N5O2/c1-12(2)31-19(21-16-5-15(6-17(16)21)30(3)9-13-10-32-11-13)7-18(29-31)14-4-20(22(27)28-8-14)33-23(24,25)26/h4,7-8,12-13,15-16H,5-6,9-11H2,1-3H3,(H2,27,28)/t15?,16-/m1/s1. The molecule has 1 aliphatic heterocycles. The number of rotatable bonds is 7. The highest BCUT2D eigenvalue weighted by Gasteiger charge is 2.48. The van der Waals surface area contributed by atoms with Gasteiger partial charge in [-0.3, -0.25) is 4.68 Å². The van der Waals surface area contributed by atoms with Crippen LogP contribution in [0.2, 0.25) is 0 Å². The van der Waals surface area contributed by atoms with Gasteiger partial charge in [0.25, 0.3) is 0 Å². The number of halogens is 3. The van der Waals surface area contributed by atoms with Crippen LogP contribution in [-0.2, 0) is 4.74 Å². The van der Waals surface area contributed by atoms with Gasteiger partial charge >= 0.3 is 6.36 Å². The number of alkyl halides is 3. The summed E-state index contributed by atoms with van der Waals surface area (Å²) in [6, 6.07) is 3.84. The minimum atomic E-state index is -4.84. The van der Waals surface area contributed by atoms with Gasteiger partial charge in [-0.25, -0.2) is 4.98 Å². The van der Waals surface area contributed by atoms with Crippen molar-refractivity contribution in [3.8, 4) is 17.0 Å². The largest absolute Gasteiger partial charge is 0.573 e. The second-order valence-electron chi connectivity index (χ2n) is 9.54. The van der Waals surface area contributed by atoms with E-state index in [-0.39, 0.29) is 11.9 Å². The van der Waals surface area contributed by atoms with Crippen molar-refractivity contribution in [1.29, 1.82) is 0 Å². The van der Waals surface area contributed by atoms with Crippen LogP contribution in [0.15, 0.2) is 23.9 Å². The summed E-state index contributed by atoms with van der Waals surface area (Å²) in [5.41, 5.74) is 10.4. The summed E-state index contributed by atoms with van der Waals surface area (Å²) in [6.07, 6.45) is -1.27. The summed E-state index contributed by atoms with van der Waals surface area (Å²) in [5.74, 6) is 0.273. The summed E-state index contributed by atoms with van der Waals surface area (Å²) < 4.78 is 49.4. The molecule has 3 aliphatic rings. The summed E-state index contributed by atoms with van der Waals surface area (Å²) in [6.45, 7) is 6.88. The quantitative estimate of drug-likeness (QED) is 0.665. The lowest BCUT2D eigenvalue weighted by molar-refractivity contribution is -0.274. The Bertz CT molecular complexity index is 1090. The molecule has 2 aliphatic carbocycles. The third-order valence-electron chi connectivity index (χ3n) is 6.78. The molecule has 1 unspecified atom stereocenters. The Balaban J connectivity index is 1.38. The van der Waals surface area contributed by atoms with Gasteiger partial charge in [0.15, 0.2) is 11.6 Å². The van der Waals surface area contributed by atoms with E-state index in [1.54, 1.807) is 0 Å². The fraction of sp³-hybridized carbons (Fsp3) is 0.565. The Hall–Kier alpha value is -2.59. The van der Waals surface area contributed by atoms with Gasteiger partial charge in [0.1, 0.15) is 0 Å². The van der Waals surface area contributed by atoms with Gasteiger partial charge in [-0.1, -0.05) is 5.57 Å². The van der Waals surface area contributed by atoms with Crippen LogP contribution < -0.4 is 10.5 Å². The number of nitrogens with zero attached hydrogens (tertiary/aromatic N) is 4. The SMILES string of the molecule is CC(C)n1nc(-c2cnc(N)c(OC(F)(F)F)c2)cc1C1=C2CC(N(C)CC3COC3)C[C@H]21. The second kappa shape index (κ2) is 8.02. The molecule has 0 radical (unpaired) electrons. The monoisotopic (exact) mass is 463 g/mol. The van der Waals surface area contributed by atoms with Gasteiger partial charge in [-0.05, 0) is 51.4 Å². The van der Waals surface area contributed by atoms with Crippen molar-refractivity contribution in [3.63, 3.8) is 0 Å². The first-order chi connectivity index (χ1) is 15.6. The number of allylic oxidation sites excluding steroid dienone is 1. The number of nitrogens with two attached hydrogens (primary N) is 1. The molecule has 2 aromatic heterocycles. The first kappa shape index (κ1) is 22.2. The Morgan fingerprint density at radius 1 is 1.30 bits per heavy atom. The van der Waals surface area contributed by atoms with Crippen LogP contribution in [0.25, 0.3) is 16.8 Å². The van der Waals surface area contributed by atoms with Crippen LogP contribution >= 0.6 is 0 Å². The lowest BCUT2D eigenvalue weighted by Gasteiger charge is -2.33.